The molecular formula is C14H21BrN2O3. The molecular weight excluding hydrogens is 324 g/mol. The highest BCUT2D eigenvalue weighted by Crippen LogP contribution is 2.35. The van der Waals surface area contributed by atoms with Crippen LogP contribution in [-0.4, -0.2) is 36.9 Å². The fraction of sp³-hybridized carbons (Fsp3) is 0.714. The van der Waals surface area contributed by atoms with Gasteiger partial charge in [-0.25, -0.2) is 4.98 Å². The van der Waals surface area contributed by atoms with Gasteiger partial charge in [-0.3, -0.25) is 4.79 Å². The molecule has 0 saturated heterocycles. The highest BCUT2D eigenvalue weighted by atomic mass is 79.9. The maximum atomic E-state index is 11.9. The van der Waals surface area contributed by atoms with E-state index in [-0.39, 0.29) is 5.56 Å². The molecule has 1 N–H and O–H groups in total. The quantitative estimate of drug-likeness (QED) is 0.771. The van der Waals surface area contributed by atoms with Crippen LogP contribution in [0.1, 0.15) is 43.1 Å². The SMILES string of the molecule is COCCOCCc1nc(C2CCCC2)c(Br)c(=O)[nH]1. The van der Waals surface area contributed by atoms with Gasteiger partial charge < -0.3 is 14.5 Å². The van der Waals surface area contributed by atoms with Gasteiger partial charge in [0, 0.05) is 19.4 Å². The summed E-state index contributed by atoms with van der Waals surface area (Å²) in [6.45, 7) is 1.68. The Hall–Kier alpha value is -0.720. The van der Waals surface area contributed by atoms with Crippen molar-refractivity contribution in [2.45, 2.75) is 38.0 Å². The predicted octanol–water partition coefficient (Wildman–Crippen LogP) is 2.40. The summed E-state index contributed by atoms with van der Waals surface area (Å²) in [6, 6.07) is 0. The van der Waals surface area contributed by atoms with E-state index in [9.17, 15) is 4.79 Å². The molecule has 0 radical (unpaired) electrons. The van der Waals surface area contributed by atoms with Crippen LogP contribution in [0.3, 0.4) is 0 Å². The number of rotatable bonds is 7. The number of hydrogen-bond donors (Lipinski definition) is 1. The summed E-state index contributed by atoms with van der Waals surface area (Å²) in [7, 11) is 1.64. The first-order valence-corrected chi connectivity index (χ1v) is 7.87. The van der Waals surface area contributed by atoms with Crippen LogP contribution in [0.25, 0.3) is 0 Å². The van der Waals surface area contributed by atoms with Crippen molar-refractivity contribution >= 4 is 15.9 Å². The first-order valence-electron chi connectivity index (χ1n) is 7.07. The lowest BCUT2D eigenvalue weighted by atomic mass is 10.0. The number of halogens is 1. The van der Waals surface area contributed by atoms with E-state index in [2.05, 4.69) is 25.9 Å². The smallest absolute Gasteiger partial charge is 0.265 e. The second-order valence-corrected chi connectivity index (χ2v) is 5.84. The number of nitrogens with one attached hydrogen (secondary N) is 1. The maximum Gasteiger partial charge on any atom is 0.265 e. The minimum absolute atomic E-state index is 0.0891. The van der Waals surface area contributed by atoms with Crippen LogP contribution in [0.15, 0.2) is 9.27 Å². The van der Waals surface area contributed by atoms with E-state index in [1.54, 1.807) is 7.11 Å². The summed E-state index contributed by atoms with van der Waals surface area (Å²) in [4.78, 5) is 19.4. The molecule has 1 aromatic rings. The van der Waals surface area contributed by atoms with Crippen LogP contribution in [0.5, 0.6) is 0 Å². The van der Waals surface area contributed by atoms with Gasteiger partial charge in [-0.2, -0.15) is 0 Å². The fourth-order valence-corrected chi connectivity index (χ4v) is 3.04. The van der Waals surface area contributed by atoms with Gasteiger partial charge in [0.2, 0.25) is 0 Å². The van der Waals surface area contributed by atoms with Gasteiger partial charge in [0.25, 0.3) is 5.56 Å². The third kappa shape index (κ3) is 4.14. The molecule has 1 aliphatic rings. The minimum Gasteiger partial charge on any atom is -0.382 e. The first kappa shape index (κ1) is 15.7. The zero-order chi connectivity index (χ0) is 14.4. The van der Waals surface area contributed by atoms with Gasteiger partial charge in [-0.05, 0) is 28.8 Å². The fourth-order valence-electron chi connectivity index (χ4n) is 2.53. The van der Waals surface area contributed by atoms with Crippen molar-refractivity contribution in [2.24, 2.45) is 0 Å². The van der Waals surface area contributed by atoms with Crippen molar-refractivity contribution in [1.29, 1.82) is 0 Å². The van der Waals surface area contributed by atoms with E-state index in [1.165, 1.54) is 12.8 Å². The highest BCUT2D eigenvalue weighted by molar-refractivity contribution is 9.10. The van der Waals surface area contributed by atoms with Crippen LogP contribution in [0.2, 0.25) is 0 Å². The topological polar surface area (TPSA) is 64.2 Å². The molecule has 6 heteroatoms. The number of methoxy groups -OCH3 is 1. The normalized spacial score (nSPS) is 15.9. The van der Waals surface area contributed by atoms with E-state index in [0.717, 1.165) is 18.5 Å². The summed E-state index contributed by atoms with van der Waals surface area (Å²) in [5, 5.41) is 0. The average molecular weight is 345 g/mol. The summed E-state index contributed by atoms with van der Waals surface area (Å²) >= 11 is 3.37. The number of hydrogen-bond acceptors (Lipinski definition) is 4. The van der Waals surface area contributed by atoms with E-state index in [4.69, 9.17) is 9.47 Å². The van der Waals surface area contributed by atoms with Crippen LogP contribution in [0.4, 0.5) is 0 Å². The minimum atomic E-state index is -0.0891. The molecule has 20 heavy (non-hydrogen) atoms. The Morgan fingerprint density at radius 2 is 2.05 bits per heavy atom. The number of aromatic amines is 1. The number of ether oxygens (including phenoxy) is 2. The summed E-state index contributed by atoms with van der Waals surface area (Å²) in [5.74, 6) is 1.12. The molecule has 0 spiro atoms. The standard InChI is InChI=1S/C14H21BrN2O3/c1-19-8-9-20-7-6-11-16-13(10-4-2-3-5-10)12(15)14(18)17-11/h10H,2-9H2,1H3,(H,16,17,18). The summed E-state index contributed by atoms with van der Waals surface area (Å²) < 4.78 is 10.9. The van der Waals surface area contributed by atoms with E-state index < -0.39 is 0 Å². The largest absolute Gasteiger partial charge is 0.382 e. The zero-order valence-corrected chi connectivity index (χ0v) is 13.4. The average Bonchev–Trinajstić information content (AvgIpc) is 2.96. The summed E-state index contributed by atoms with van der Waals surface area (Å²) in [5.41, 5.74) is 0.826. The van der Waals surface area contributed by atoms with E-state index in [0.29, 0.717) is 42.5 Å². The monoisotopic (exact) mass is 344 g/mol. The molecule has 1 heterocycles. The maximum absolute atomic E-state index is 11.9. The number of H-pyrrole nitrogens is 1. The molecule has 0 aliphatic heterocycles. The third-order valence-corrected chi connectivity index (χ3v) is 4.36. The molecule has 5 nitrogen and oxygen atoms in total. The van der Waals surface area contributed by atoms with Crippen molar-refractivity contribution < 1.29 is 9.47 Å². The number of nitrogens with zero attached hydrogens (tertiary/aromatic N) is 1. The van der Waals surface area contributed by atoms with Gasteiger partial charge in [0.15, 0.2) is 0 Å². The zero-order valence-electron chi connectivity index (χ0n) is 11.8. The Morgan fingerprint density at radius 3 is 2.75 bits per heavy atom. The number of aromatic nitrogens is 2. The van der Waals surface area contributed by atoms with Crippen molar-refractivity contribution in [3.63, 3.8) is 0 Å². The van der Waals surface area contributed by atoms with E-state index >= 15 is 0 Å². The Kier molecular flexibility index (Phi) is 6.19. The van der Waals surface area contributed by atoms with Gasteiger partial charge in [0.1, 0.15) is 10.3 Å². The molecule has 1 fully saturated rings. The molecule has 112 valence electrons. The Balaban J connectivity index is 2.00. The van der Waals surface area contributed by atoms with Crippen LogP contribution >= 0.6 is 15.9 Å². The molecule has 1 saturated carbocycles. The van der Waals surface area contributed by atoms with Gasteiger partial charge in [-0.1, -0.05) is 12.8 Å². The molecule has 1 aromatic heterocycles. The Morgan fingerprint density at radius 1 is 1.30 bits per heavy atom. The van der Waals surface area contributed by atoms with Gasteiger partial charge in [-0.15, -0.1) is 0 Å². The van der Waals surface area contributed by atoms with Crippen molar-refractivity contribution in [3.05, 3.63) is 26.3 Å². The predicted molar refractivity (Wildman–Crippen MR) is 80.2 cm³/mol. The Bertz CT molecular complexity index is 484. The second-order valence-electron chi connectivity index (χ2n) is 5.05. The van der Waals surface area contributed by atoms with Crippen LogP contribution in [0, 0.1) is 0 Å². The van der Waals surface area contributed by atoms with Crippen LogP contribution < -0.4 is 5.56 Å². The van der Waals surface area contributed by atoms with Crippen molar-refractivity contribution in [2.75, 3.05) is 26.9 Å². The molecule has 0 aromatic carbocycles. The molecule has 0 amide bonds. The van der Waals surface area contributed by atoms with Crippen molar-refractivity contribution in [1.82, 2.24) is 9.97 Å². The molecule has 0 bridgehead atoms. The third-order valence-electron chi connectivity index (χ3n) is 3.59. The van der Waals surface area contributed by atoms with Gasteiger partial charge >= 0.3 is 0 Å². The molecule has 0 atom stereocenters. The lowest BCUT2D eigenvalue weighted by Crippen LogP contribution is -2.18. The van der Waals surface area contributed by atoms with Crippen LogP contribution in [-0.2, 0) is 15.9 Å². The molecule has 1 aliphatic carbocycles. The van der Waals surface area contributed by atoms with Gasteiger partial charge in [0.05, 0.1) is 25.5 Å². The summed E-state index contributed by atoms with van der Waals surface area (Å²) in [6.07, 6.45) is 5.31. The lowest BCUT2D eigenvalue weighted by molar-refractivity contribution is 0.0716. The first-order chi connectivity index (χ1) is 9.72. The highest BCUT2D eigenvalue weighted by Gasteiger charge is 2.22. The van der Waals surface area contributed by atoms with E-state index in [1.807, 2.05) is 0 Å². The molecule has 0 unspecified atom stereocenters. The Labute approximate surface area is 127 Å². The lowest BCUT2D eigenvalue weighted by Gasteiger charge is -2.12. The molecule has 2 rings (SSSR count). The second kappa shape index (κ2) is 7.90. The van der Waals surface area contributed by atoms with Crippen molar-refractivity contribution in [3.8, 4) is 0 Å².